The van der Waals surface area contributed by atoms with Crippen LogP contribution in [0.4, 0.5) is 0 Å². The molecule has 0 aromatic heterocycles. The van der Waals surface area contributed by atoms with Gasteiger partial charge >= 0.3 is 0 Å². The molecule has 1 aromatic carbocycles. The van der Waals surface area contributed by atoms with Crippen LogP contribution in [0.15, 0.2) is 24.3 Å². The summed E-state index contributed by atoms with van der Waals surface area (Å²) in [6, 6.07) is 8.17. The van der Waals surface area contributed by atoms with Crippen molar-refractivity contribution in [2.75, 3.05) is 33.4 Å². The third-order valence-corrected chi connectivity index (χ3v) is 5.52. The Labute approximate surface area is 143 Å². The molecular formula is C18H25ClN2O2. The third-order valence-electron chi connectivity index (χ3n) is 5.27. The highest BCUT2D eigenvalue weighted by molar-refractivity contribution is 6.30. The van der Waals surface area contributed by atoms with Crippen LogP contribution in [-0.4, -0.2) is 50.2 Å². The maximum absolute atomic E-state index is 13.4. The van der Waals surface area contributed by atoms with Gasteiger partial charge in [-0.2, -0.15) is 0 Å². The van der Waals surface area contributed by atoms with Crippen LogP contribution in [0.25, 0.3) is 0 Å². The Bertz CT molecular complexity index is 540. The summed E-state index contributed by atoms with van der Waals surface area (Å²) in [5.41, 5.74) is 0.611. The van der Waals surface area contributed by atoms with E-state index in [0.29, 0.717) is 24.3 Å². The molecule has 2 aliphatic rings. The molecular weight excluding hydrogens is 312 g/mol. The molecule has 2 fully saturated rings. The summed E-state index contributed by atoms with van der Waals surface area (Å²) < 4.78 is 5.54. The van der Waals surface area contributed by atoms with Crippen molar-refractivity contribution in [2.24, 2.45) is 0 Å². The molecule has 2 heterocycles. The first-order valence-electron chi connectivity index (χ1n) is 8.46. The summed E-state index contributed by atoms with van der Waals surface area (Å²) in [6.07, 6.45) is 3.68. The minimum Gasteiger partial charge on any atom is -0.381 e. The topological polar surface area (TPSA) is 41.6 Å². The number of hydrogen-bond acceptors (Lipinski definition) is 3. The largest absolute Gasteiger partial charge is 0.381 e. The number of benzene rings is 1. The molecule has 1 aromatic rings. The Hall–Kier alpha value is -1.10. The van der Waals surface area contributed by atoms with E-state index in [4.69, 9.17) is 16.3 Å². The lowest BCUT2D eigenvalue weighted by atomic mass is 9.72. The number of carbonyl (C=O) groups excluding carboxylic acids is 1. The number of carbonyl (C=O) groups is 1. The Kier molecular flexibility index (Phi) is 5.24. The van der Waals surface area contributed by atoms with Crippen LogP contribution in [0.3, 0.4) is 0 Å². The summed E-state index contributed by atoms with van der Waals surface area (Å²) in [5, 5.41) is 4.02. The molecule has 2 aliphatic heterocycles. The molecule has 0 spiro atoms. The first kappa shape index (κ1) is 16.7. The summed E-state index contributed by atoms with van der Waals surface area (Å²) >= 11 is 6.03. The van der Waals surface area contributed by atoms with E-state index < -0.39 is 5.41 Å². The van der Waals surface area contributed by atoms with Gasteiger partial charge in [0.2, 0.25) is 5.91 Å². The monoisotopic (exact) mass is 336 g/mol. The predicted molar refractivity (Wildman–Crippen MR) is 91.8 cm³/mol. The van der Waals surface area contributed by atoms with E-state index in [2.05, 4.69) is 5.32 Å². The number of nitrogens with zero attached hydrogens (tertiary/aromatic N) is 1. The fourth-order valence-corrected chi connectivity index (χ4v) is 3.94. The lowest BCUT2D eigenvalue weighted by Crippen LogP contribution is -2.55. The number of hydrogen-bond donors (Lipinski definition) is 1. The average Bonchev–Trinajstić information content (AvgIpc) is 2.62. The number of amides is 1. The van der Waals surface area contributed by atoms with E-state index in [0.717, 1.165) is 44.3 Å². The van der Waals surface area contributed by atoms with Crippen LogP contribution >= 0.6 is 11.6 Å². The van der Waals surface area contributed by atoms with Crippen molar-refractivity contribution in [1.29, 1.82) is 0 Å². The minimum absolute atomic E-state index is 0.253. The number of likely N-dealkylation sites (tertiary alicyclic amines) is 1. The van der Waals surface area contributed by atoms with E-state index in [1.807, 2.05) is 36.2 Å². The number of likely N-dealkylation sites (N-methyl/N-ethyl adjacent to an activating group) is 1. The number of piperidine rings is 1. The van der Waals surface area contributed by atoms with E-state index >= 15 is 0 Å². The fraction of sp³-hybridized carbons (Fsp3) is 0.611. The van der Waals surface area contributed by atoms with Crippen LogP contribution < -0.4 is 5.32 Å². The maximum Gasteiger partial charge on any atom is 0.233 e. The fourth-order valence-electron chi connectivity index (χ4n) is 3.81. The molecule has 1 amide bonds. The van der Waals surface area contributed by atoms with Crippen molar-refractivity contribution in [3.05, 3.63) is 34.9 Å². The Morgan fingerprint density at radius 1 is 1.30 bits per heavy atom. The lowest BCUT2D eigenvalue weighted by Gasteiger charge is -2.42. The Morgan fingerprint density at radius 3 is 2.65 bits per heavy atom. The van der Waals surface area contributed by atoms with Gasteiger partial charge in [-0.1, -0.05) is 23.7 Å². The maximum atomic E-state index is 13.4. The number of halogens is 1. The van der Waals surface area contributed by atoms with Crippen molar-refractivity contribution in [2.45, 2.75) is 37.1 Å². The normalized spacial score (nSPS) is 24.4. The molecule has 1 atom stereocenters. The second-order valence-corrected chi connectivity index (χ2v) is 7.02. The molecule has 0 radical (unpaired) electrons. The van der Waals surface area contributed by atoms with E-state index in [-0.39, 0.29) is 5.91 Å². The summed E-state index contributed by atoms with van der Waals surface area (Å²) in [5.74, 6) is 0.253. The molecule has 1 unspecified atom stereocenters. The smallest absolute Gasteiger partial charge is 0.233 e. The third kappa shape index (κ3) is 3.39. The molecule has 5 heteroatoms. The second-order valence-electron chi connectivity index (χ2n) is 6.58. The van der Waals surface area contributed by atoms with Gasteiger partial charge in [-0.05, 0) is 50.4 Å². The molecule has 1 N–H and O–H groups in total. The van der Waals surface area contributed by atoms with Crippen molar-refractivity contribution >= 4 is 17.5 Å². The molecule has 0 aliphatic carbocycles. The first-order valence-corrected chi connectivity index (χ1v) is 8.84. The molecule has 4 nitrogen and oxygen atoms in total. The van der Waals surface area contributed by atoms with Crippen molar-refractivity contribution in [3.63, 3.8) is 0 Å². The SMILES string of the molecule is CNC1CCCN(C(=O)C2(c3ccc(Cl)cc3)CCOCC2)C1. The van der Waals surface area contributed by atoms with Gasteiger partial charge in [0.15, 0.2) is 0 Å². The van der Waals surface area contributed by atoms with Crippen LogP contribution in [0.5, 0.6) is 0 Å². The van der Waals surface area contributed by atoms with Crippen molar-refractivity contribution in [1.82, 2.24) is 10.2 Å². The van der Waals surface area contributed by atoms with Gasteiger partial charge in [-0.15, -0.1) is 0 Å². The number of rotatable bonds is 3. The summed E-state index contributed by atoms with van der Waals surface area (Å²) in [7, 11) is 1.97. The van der Waals surface area contributed by atoms with Gasteiger partial charge in [-0.25, -0.2) is 0 Å². The highest BCUT2D eigenvalue weighted by Gasteiger charge is 2.44. The van der Waals surface area contributed by atoms with Crippen LogP contribution in [-0.2, 0) is 14.9 Å². The zero-order valence-electron chi connectivity index (χ0n) is 13.7. The van der Waals surface area contributed by atoms with Gasteiger partial charge in [0.25, 0.3) is 0 Å². The first-order chi connectivity index (χ1) is 11.2. The molecule has 0 saturated carbocycles. The van der Waals surface area contributed by atoms with E-state index in [9.17, 15) is 4.79 Å². The highest BCUT2D eigenvalue weighted by Crippen LogP contribution is 2.38. The standard InChI is InChI=1S/C18H25ClN2O2/c1-20-16-3-2-10-21(13-16)17(22)18(8-11-23-12-9-18)14-4-6-15(19)7-5-14/h4-7,16,20H,2-3,8-13H2,1H3. The number of ether oxygens (including phenoxy) is 1. The average molecular weight is 337 g/mol. The van der Waals surface area contributed by atoms with Crippen LogP contribution in [0.1, 0.15) is 31.2 Å². The molecule has 23 heavy (non-hydrogen) atoms. The zero-order chi connectivity index (χ0) is 16.3. The Morgan fingerprint density at radius 2 is 2.00 bits per heavy atom. The van der Waals surface area contributed by atoms with Crippen molar-refractivity contribution < 1.29 is 9.53 Å². The Balaban J connectivity index is 1.89. The zero-order valence-corrected chi connectivity index (χ0v) is 14.4. The number of nitrogens with one attached hydrogen (secondary N) is 1. The van der Waals surface area contributed by atoms with Crippen LogP contribution in [0.2, 0.25) is 5.02 Å². The molecule has 2 saturated heterocycles. The summed E-state index contributed by atoms with van der Waals surface area (Å²) in [6.45, 7) is 2.92. The van der Waals surface area contributed by atoms with Gasteiger partial charge < -0.3 is 15.0 Å². The van der Waals surface area contributed by atoms with Gasteiger partial charge in [0.05, 0.1) is 5.41 Å². The van der Waals surface area contributed by atoms with E-state index in [1.54, 1.807) is 0 Å². The van der Waals surface area contributed by atoms with Crippen molar-refractivity contribution in [3.8, 4) is 0 Å². The van der Waals surface area contributed by atoms with Crippen LogP contribution in [0, 0.1) is 0 Å². The van der Waals surface area contributed by atoms with Gasteiger partial charge in [0.1, 0.15) is 0 Å². The van der Waals surface area contributed by atoms with Gasteiger partial charge in [0, 0.05) is 37.4 Å². The molecule has 3 rings (SSSR count). The van der Waals surface area contributed by atoms with E-state index in [1.165, 1.54) is 0 Å². The lowest BCUT2D eigenvalue weighted by molar-refractivity contribution is -0.142. The quantitative estimate of drug-likeness (QED) is 0.922. The molecule has 0 bridgehead atoms. The summed E-state index contributed by atoms with van der Waals surface area (Å²) in [4.78, 5) is 15.5. The van der Waals surface area contributed by atoms with Gasteiger partial charge in [-0.3, -0.25) is 4.79 Å². The molecule has 126 valence electrons. The second kappa shape index (κ2) is 7.20. The minimum atomic E-state index is -0.460. The highest BCUT2D eigenvalue weighted by atomic mass is 35.5. The predicted octanol–water partition coefficient (Wildman–Crippen LogP) is 2.60.